The summed E-state index contributed by atoms with van der Waals surface area (Å²) >= 11 is 0. The lowest BCUT2D eigenvalue weighted by atomic mass is 11.0. The van der Waals surface area contributed by atoms with Crippen molar-refractivity contribution in [1.29, 1.82) is 0 Å². The number of nitro groups is 1. The summed E-state index contributed by atoms with van der Waals surface area (Å²) in [5.74, 6) is -0.399. The molecule has 0 atom stereocenters. The van der Waals surface area contributed by atoms with Crippen LogP contribution in [0.4, 0.5) is 11.9 Å². The normalized spacial score (nSPS) is 8.67. The van der Waals surface area contributed by atoms with Crippen molar-refractivity contribution in [2.75, 3.05) is 5.43 Å². The minimum Gasteiger partial charge on any atom is -0.241 e. The first-order valence-electron chi connectivity index (χ1n) is 2.61. The minimum absolute atomic E-state index is 0.192. The maximum atomic E-state index is 9.84. The van der Waals surface area contributed by atoms with Gasteiger partial charge in [0, 0.05) is 4.91 Å². The van der Waals surface area contributed by atoms with E-state index in [1.54, 1.807) is 5.43 Å². The van der Waals surface area contributed by atoms with Crippen LogP contribution in [0.1, 0.15) is 0 Å². The van der Waals surface area contributed by atoms with Crippen LogP contribution in [0.15, 0.2) is 5.11 Å². The third-order valence-electron chi connectivity index (χ3n) is 0.805. The minimum atomic E-state index is -0.819. The van der Waals surface area contributed by atoms with E-state index in [0.29, 0.717) is 0 Å². The Hall–Kier alpha value is -2.35. The second-order valence-electron chi connectivity index (χ2n) is 1.54. The van der Waals surface area contributed by atoms with E-state index in [9.17, 15) is 10.1 Å². The lowest BCUT2D eigenvalue weighted by molar-refractivity contribution is -0.446. The molecular weight excluding hydrogens is 168 g/mol. The first-order chi connectivity index (χ1) is 5.72. The zero-order chi connectivity index (χ0) is 8.97. The molecule has 0 saturated heterocycles. The van der Waals surface area contributed by atoms with Gasteiger partial charge in [-0.3, -0.25) is 0 Å². The highest BCUT2D eigenvalue weighted by atomic mass is 16.7. The van der Waals surface area contributed by atoms with Crippen LogP contribution in [0.2, 0.25) is 0 Å². The predicted molar refractivity (Wildman–Crippen MR) is 35.8 cm³/mol. The van der Waals surface area contributed by atoms with Gasteiger partial charge in [-0.05, 0) is 10.6 Å². The van der Waals surface area contributed by atoms with E-state index in [0.717, 1.165) is 0 Å². The fraction of sp³-hybridized carbons (Fsp3) is 0. The Morgan fingerprint density at radius 1 is 1.83 bits per heavy atom. The van der Waals surface area contributed by atoms with Gasteiger partial charge in [-0.15, -0.1) is 0 Å². The molecule has 0 fully saturated rings. The molecule has 1 aromatic rings. The van der Waals surface area contributed by atoms with Gasteiger partial charge in [-0.1, -0.05) is 5.43 Å². The van der Waals surface area contributed by atoms with Crippen LogP contribution < -0.4 is 5.43 Å². The fourth-order valence-corrected chi connectivity index (χ4v) is 0.474. The number of hydrogen-bond donors (Lipinski definition) is 2. The monoisotopic (exact) mass is 170 g/mol. The number of hydrazine groups is 1. The van der Waals surface area contributed by atoms with Gasteiger partial charge in [0.1, 0.15) is 0 Å². The molecule has 0 aliphatic rings. The molecule has 1 aromatic heterocycles. The van der Waals surface area contributed by atoms with Gasteiger partial charge < -0.3 is 0 Å². The molecule has 1 rings (SSSR count). The Morgan fingerprint density at radius 3 is 3.17 bits per heavy atom. The molecule has 0 aliphatic heterocycles. The molecule has 0 radical (unpaired) electrons. The Morgan fingerprint density at radius 2 is 2.58 bits per heavy atom. The van der Waals surface area contributed by atoms with Crippen LogP contribution >= 0.6 is 0 Å². The Balaban J connectivity index is 2.77. The van der Waals surface area contributed by atoms with E-state index in [1.165, 1.54) is 0 Å². The van der Waals surface area contributed by atoms with Gasteiger partial charge in [-0.25, -0.2) is 15.2 Å². The van der Waals surface area contributed by atoms with Crippen LogP contribution in [0.25, 0.3) is 10.4 Å². The largest absolute Gasteiger partial charge is 0.281 e. The highest BCUT2D eigenvalue weighted by molar-refractivity contribution is 5.26. The van der Waals surface area contributed by atoms with Crippen LogP contribution in [0, 0.1) is 10.1 Å². The molecule has 1 heterocycles. The van der Waals surface area contributed by atoms with Crippen LogP contribution in [-0.4, -0.2) is 20.2 Å². The molecular formula is C2H2N8O2. The molecule has 10 nitrogen and oxygen atoms in total. The average Bonchev–Trinajstić information content (AvgIpc) is 2.36. The van der Waals surface area contributed by atoms with Gasteiger partial charge in [0.15, 0.2) is 5.03 Å². The molecule has 2 N–H and O–H groups in total. The summed E-state index contributed by atoms with van der Waals surface area (Å²) in [4.78, 5) is 15.6. The molecule has 0 unspecified atom stereocenters. The van der Waals surface area contributed by atoms with Crippen molar-refractivity contribution in [3.63, 3.8) is 0 Å². The second kappa shape index (κ2) is 3.16. The molecule has 10 heteroatoms. The highest BCUT2D eigenvalue weighted by Crippen LogP contribution is 2.05. The van der Waals surface area contributed by atoms with Crippen LogP contribution in [0.3, 0.4) is 0 Å². The van der Waals surface area contributed by atoms with Crippen LogP contribution in [-0.2, 0) is 0 Å². The van der Waals surface area contributed by atoms with E-state index in [4.69, 9.17) is 5.53 Å². The maximum Gasteiger partial charge on any atom is 0.281 e. The molecule has 0 saturated carbocycles. The zero-order valence-corrected chi connectivity index (χ0v) is 5.50. The average molecular weight is 170 g/mol. The lowest BCUT2D eigenvalue weighted by Gasteiger charge is -1.85. The lowest BCUT2D eigenvalue weighted by Crippen LogP contribution is -2.08. The van der Waals surface area contributed by atoms with Crippen molar-refractivity contribution < 1.29 is 5.03 Å². The number of aromatic amines is 1. The number of aromatic nitrogens is 3. The van der Waals surface area contributed by atoms with Crippen molar-refractivity contribution in [2.45, 2.75) is 0 Å². The summed E-state index contributed by atoms with van der Waals surface area (Å²) in [6.07, 6.45) is 0. The number of anilines is 1. The van der Waals surface area contributed by atoms with Crippen molar-refractivity contribution in [3.05, 3.63) is 20.6 Å². The van der Waals surface area contributed by atoms with Crippen LogP contribution in [0.5, 0.6) is 0 Å². The Kier molecular flexibility index (Phi) is 2.04. The Labute approximate surface area is 64.4 Å². The summed E-state index contributed by atoms with van der Waals surface area (Å²) in [5.41, 5.74) is 9.61. The van der Waals surface area contributed by atoms with Crippen molar-refractivity contribution >= 4 is 11.9 Å². The molecule has 12 heavy (non-hydrogen) atoms. The summed E-state index contributed by atoms with van der Waals surface area (Å²) in [7, 11) is 0. The first kappa shape index (κ1) is 7.75. The van der Waals surface area contributed by atoms with Crippen molar-refractivity contribution in [1.82, 2.24) is 15.2 Å². The fourth-order valence-electron chi connectivity index (χ4n) is 0.474. The zero-order valence-electron chi connectivity index (χ0n) is 5.50. The van der Waals surface area contributed by atoms with Crippen molar-refractivity contribution in [2.24, 2.45) is 5.11 Å². The van der Waals surface area contributed by atoms with Crippen molar-refractivity contribution in [3.8, 4) is 0 Å². The maximum absolute atomic E-state index is 9.84. The van der Waals surface area contributed by atoms with Gasteiger partial charge in [0.05, 0.1) is 0 Å². The highest BCUT2D eigenvalue weighted by Gasteiger charge is 2.04. The molecule has 0 amide bonds. The molecule has 62 valence electrons. The number of azide groups is 1. The smallest absolute Gasteiger partial charge is 0.241 e. The number of nitrogens with one attached hydrogen (secondary N) is 2. The van der Waals surface area contributed by atoms with E-state index in [1.807, 2.05) is 0 Å². The first-order valence-corrected chi connectivity index (χ1v) is 2.61. The summed E-state index contributed by atoms with van der Waals surface area (Å²) in [5, 5.41) is 17.5. The number of hydrogen-bond acceptors (Lipinski definition) is 5. The van der Waals surface area contributed by atoms with E-state index < -0.39 is 5.03 Å². The molecule has 0 aromatic carbocycles. The summed E-state index contributed by atoms with van der Waals surface area (Å²) < 4.78 is 0. The number of H-pyrrole nitrogens is 1. The van der Waals surface area contributed by atoms with E-state index >= 15 is 0 Å². The third kappa shape index (κ3) is 1.82. The SMILES string of the molecule is [N-]=[N+]=Nc1n[nH]c(N[N+](=O)[O-])n1. The van der Waals surface area contributed by atoms with E-state index in [-0.39, 0.29) is 11.9 Å². The predicted octanol–water partition coefficient (Wildman–Crippen LogP) is 0.350. The van der Waals surface area contributed by atoms with E-state index in [2.05, 4.69) is 25.2 Å². The number of rotatable bonds is 3. The Bertz CT molecular complexity index is 335. The molecule has 0 spiro atoms. The third-order valence-corrected chi connectivity index (χ3v) is 0.805. The summed E-state index contributed by atoms with van der Waals surface area (Å²) in [6.45, 7) is 0. The number of nitrogens with zero attached hydrogens (tertiary/aromatic N) is 6. The van der Waals surface area contributed by atoms with Gasteiger partial charge in [-0.2, -0.15) is 10.1 Å². The molecule has 0 aliphatic carbocycles. The second-order valence-corrected chi connectivity index (χ2v) is 1.54. The van der Waals surface area contributed by atoms with Gasteiger partial charge in [0.25, 0.3) is 5.95 Å². The van der Waals surface area contributed by atoms with Gasteiger partial charge >= 0.3 is 0 Å². The topological polar surface area (TPSA) is 146 Å². The quantitative estimate of drug-likeness (QED) is 0.221. The summed E-state index contributed by atoms with van der Waals surface area (Å²) in [6, 6.07) is 0. The standard InChI is InChI=1S/C2H2N8O2/c3-9-7-1-4-2(6-5-1)8-10(11)12/h(H2,4,5,6,8). The molecule has 0 bridgehead atoms. The van der Waals surface area contributed by atoms with Gasteiger partial charge in [0.2, 0.25) is 5.95 Å².